The molecule has 1 aromatic rings. The highest BCUT2D eigenvalue weighted by Gasteiger charge is 2.04. The van der Waals surface area contributed by atoms with Crippen LogP contribution < -0.4 is 0 Å². The molecule has 0 amide bonds. The van der Waals surface area contributed by atoms with Crippen LogP contribution in [0.1, 0.15) is 17.3 Å². The number of phenolic OH excluding ortho intramolecular Hbond substituents is 1. The molecule has 2 nitrogen and oxygen atoms in total. The summed E-state index contributed by atoms with van der Waals surface area (Å²) >= 11 is 4.05. The standard InChI is InChI=1S/C8H8O2S/c1-5(9)7-4-6(10)2-3-8(7)11/h2-4,10-11H,1H3. The molecule has 1 N–H and O–H groups in total. The molecule has 0 aliphatic rings. The minimum atomic E-state index is -0.0918. The first-order chi connectivity index (χ1) is 5.11. The number of Topliss-reactive ketones (excluding diaryl/α,β-unsaturated/α-hetero) is 1. The van der Waals surface area contributed by atoms with Crippen LogP contribution >= 0.6 is 12.6 Å². The summed E-state index contributed by atoms with van der Waals surface area (Å²) in [5, 5.41) is 9.00. The summed E-state index contributed by atoms with van der Waals surface area (Å²) in [5.41, 5.74) is 0.452. The summed E-state index contributed by atoms with van der Waals surface area (Å²) in [6, 6.07) is 4.49. The minimum absolute atomic E-state index is 0.0907. The van der Waals surface area contributed by atoms with E-state index in [-0.39, 0.29) is 11.5 Å². The number of carbonyl (C=O) groups is 1. The van der Waals surface area contributed by atoms with Crippen molar-refractivity contribution in [3.05, 3.63) is 23.8 Å². The van der Waals surface area contributed by atoms with Crippen LogP contribution in [0.2, 0.25) is 0 Å². The van der Waals surface area contributed by atoms with E-state index in [9.17, 15) is 4.79 Å². The molecule has 0 radical (unpaired) electrons. The van der Waals surface area contributed by atoms with Crippen LogP contribution in [-0.2, 0) is 0 Å². The maximum absolute atomic E-state index is 10.9. The molecule has 0 aromatic heterocycles. The maximum atomic E-state index is 10.9. The van der Waals surface area contributed by atoms with Crippen LogP contribution in [0.4, 0.5) is 0 Å². The van der Waals surface area contributed by atoms with Crippen molar-refractivity contribution >= 4 is 18.4 Å². The minimum Gasteiger partial charge on any atom is -0.508 e. The van der Waals surface area contributed by atoms with Crippen LogP contribution in [0, 0.1) is 0 Å². The number of carbonyl (C=O) groups excluding carboxylic acids is 1. The predicted molar refractivity (Wildman–Crippen MR) is 45.4 cm³/mol. The molecule has 0 fully saturated rings. The summed E-state index contributed by atoms with van der Waals surface area (Å²) in [4.78, 5) is 11.5. The number of thiol groups is 1. The van der Waals surface area contributed by atoms with Gasteiger partial charge in [-0.2, -0.15) is 0 Å². The second kappa shape index (κ2) is 2.96. The zero-order valence-electron chi connectivity index (χ0n) is 6.03. The molecule has 0 bridgehead atoms. The van der Waals surface area contributed by atoms with Crippen LogP contribution in [0.5, 0.6) is 5.75 Å². The molecule has 0 spiro atoms. The molecule has 0 aliphatic carbocycles. The van der Waals surface area contributed by atoms with Crippen molar-refractivity contribution < 1.29 is 9.90 Å². The Bertz CT molecular complexity index is 294. The Kier molecular flexibility index (Phi) is 2.19. The molecule has 1 aromatic carbocycles. The highest BCUT2D eigenvalue weighted by molar-refractivity contribution is 7.80. The molecular weight excluding hydrogens is 160 g/mol. The number of rotatable bonds is 1. The Morgan fingerprint density at radius 3 is 2.64 bits per heavy atom. The predicted octanol–water partition coefficient (Wildman–Crippen LogP) is 1.88. The lowest BCUT2D eigenvalue weighted by Gasteiger charge is -1.99. The summed E-state index contributed by atoms with van der Waals surface area (Å²) in [6.07, 6.45) is 0. The Labute approximate surface area is 70.3 Å². The van der Waals surface area contributed by atoms with Crippen molar-refractivity contribution in [3.63, 3.8) is 0 Å². The van der Waals surface area contributed by atoms with Crippen molar-refractivity contribution in [2.45, 2.75) is 11.8 Å². The molecule has 0 atom stereocenters. The molecule has 0 unspecified atom stereocenters. The van der Waals surface area contributed by atoms with Gasteiger partial charge < -0.3 is 5.11 Å². The largest absolute Gasteiger partial charge is 0.508 e. The first-order valence-electron chi connectivity index (χ1n) is 3.14. The number of hydrogen-bond donors (Lipinski definition) is 2. The van der Waals surface area contributed by atoms with Crippen molar-refractivity contribution in [1.82, 2.24) is 0 Å². The molecule has 0 saturated carbocycles. The van der Waals surface area contributed by atoms with E-state index in [4.69, 9.17) is 5.11 Å². The zero-order chi connectivity index (χ0) is 8.43. The zero-order valence-corrected chi connectivity index (χ0v) is 6.93. The third-order valence-electron chi connectivity index (χ3n) is 1.36. The van der Waals surface area contributed by atoms with E-state index in [0.29, 0.717) is 10.5 Å². The number of hydrogen-bond acceptors (Lipinski definition) is 3. The molecule has 58 valence electrons. The smallest absolute Gasteiger partial charge is 0.161 e. The van der Waals surface area contributed by atoms with Crippen LogP contribution in [0.25, 0.3) is 0 Å². The first-order valence-corrected chi connectivity index (χ1v) is 3.59. The van der Waals surface area contributed by atoms with E-state index < -0.39 is 0 Å². The Balaban J connectivity index is 3.23. The lowest BCUT2D eigenvalue weighted by Crippen LogP contribution is -1.92. The number of benzene rings is 1. The van der Waals surface area contributed by atoms with Gasteiger partial charge in [0.05, 0.1) is 0 Å². The molecule has 1 rings (SSSR count). The molecule has 0 saturated heterocycles. The van der Waals surface area contributed by atoms with Gasteiger partial charge in [0.1, 0.15) is 5.75 Å². The van der Waals surface area contributed by atoms with Gasteiger partial charge in [-0.3, -0.25) is 4.79 Å². The second-order valence-electron chi connectivity index (χ2n) is 2.26. The fraction of sp³-hybridized carbons (Fsp3) is 0.125. The highest BCUT2D eigenvalue weighted by atomic mass is 32.1. The van der Waals surface area contributed by atoms with Gasteiger partial charge in [-0.25, -0.2) is 0 Å². The molecule has 3 heteroatoms. The van der Waals surface area contributed by atoms with Gasteiger partial charge in [-0.05, 0) is 25.1 Å². The third-order valence-corrected chi connectivity index (χ3v) is 1.75. The number of phenols is 1. The topological polar surface area (TPSA) is 37.3 Å². The molecule has 0 aliphatic heterocycles. The average Bonchev–Trinajstić information content (AvgIpc) is 1.94. The van der Waals surface area contributed by atoms with E-state index in [1.165, 1.54) is 19.1 Å². The van der Waals surface area contributed by atoms with Crippen LogP contribution in [0.15, 0.2) is 23.1 Å². The van der Waals surface area contributed by atoms with Crippen LogP contribution in [0.3, 0.4) is 0 Å². The lowest BCUT2D eigenvalue weighted by atomic mass is 10.1. The van der Waals surface area contributed by atoms with Crippen LogP contribution in [-0.4, -0.2) is 10.9 Å². The quantitative estimate of drug-likeness (QED) is 0.496. The van der Waals surface area contributed by atoms with E-state index in [0.717, 1.165) is 0 Å². The monoisotopic (exact) mass is 168 g/mol. The maximum Gasteiger partial charge on any atom is 0.161 e. The van der Waals surface area contributed by atoms with E-state index in [1.807, 2.05) is 0 Å². The Hall–Kier alpha value is -0.960. The van der Waals surface area contributed by atoms with Crippen molar-refractivity contribution in [2.75, 3.05) is 0 Å². The van der Waals surface area contributed by atoms with E-state index in [1.54, 1.807) is 6.07 Å². The van der Waals surface area contributed by atoms with Gasteiger partial charge in [0.15, 0.2) is 5.78 Å². The Morgan fingerprint density at radius 1 is 1.55 bits per heavy atom. The van der Waals surface area contributed by atoms with E-state index >= 15 is 0 Å². The van der Waals surface area contributed by atoms with Crippen molar-refractivity contribution in [3.8, 4) is 5.75 Å². The van der Waals surface area contributed by atoms with Gasteiger partial charge in [-0.15, -0.1) is 12.6 Å². The van der Waals surface area contributed by atoms with Crippen molar-refractivity contribution in [2.24, 2.45) is 0 Å². The van der Waals surface area contributed by atoms with Crippen molar-refractivity contribution in [1.29, 1.82) is 0 Å². The number of ketones is 1. The third kappa shape index (κ3) is 1.74. The van der Waals surface area contributed by atoms with Gasteiger partial charge >= 0.3 is 0 Å². The number of aromatic hydroxyl groups is 1. The fourth-order valence-electron chi connectivity index (χ4n) is 0.806. The summed E-state index contributed by atoms with van der Waals surface area (Å²) in [5.74, 6) is -0.00102. The lowest BCUT2D eigenvalue weighted by molar-refractivity contribution is 0.101. The molecule has 0 heterocycles. The van der Waals surface area contributed by atoms with Gasteiger partial charge in [-0.1, -0.05) is 0 Å². The van der Waals surface area contributed by atoms with Gasteiger partial charge in [0.25, 0.3) is 0 Å². The fourth-order valence-corrected chi connectivity index (χ4v) is 1.10. The SMILES string of the molecule is CC(=O)c1cc(O)ccc1S. The first kappa shape index (κ1) is 8.14. The van der Waals surface area contributed by atoms with Gasteiger partial charge in [0, 0.05) is 10.5 Å². The Morgan fingerprint density at radius 2 is 2.18 bits per heavy atom. The molecule has 11 heavy (non-hydrogen) atoms. The van der Waals surface area contributed by atoms with Gasteiger partial charge in [0.2, 0.25) is 0 Å². The summed E-state index contributed by atoms with van der Waals surface area (Å²) in [7, 11) is 0. The molecular formula is C8H8O2S. The second-order valence-corrected chi connectivity index (χ2v) is 2.74. The summed E-state index contributed by atoms with van der Waals surface area (Å²) < 4.78 is 0. The highest BCUT2D eigenvalue weighted by Crippen LogP contribution is 2.19. The summed E-state index contributed by atoms with van der Waals surface area (Å²) in [6.45, 7) is 1.44. The van der Waals surface area contributed by atoms with E-state index in [2.05, 4.69) is 12.6 Å². The average molecular weight is 168 g/mol. The normalized spacial score (nSPS) is 9.64.